The van der Waals surface area contributed by atoms with Crippen LogP contribution in [0, 0.1) is 36.5 Å². The van der Waals surface area contributed by atoms with E-state index in [1.807, 2.05) is 62.4 Å². The first kappa shape index (κ1) is 15.5. The monoisotopic (exact) mass is 309 g/mol. The summed E-state index contributed by atoms with van der Waals surface area (Å²) in [5, 5.41) is 18.9. The third-order valence-corrected chi connectivity index (χ3v) is 3.91. The average Bonchev–Trinajstić information content (AvgIpc) is 2.62. The van der Waals surface area contributed by atoms with E-state index in [-0.39, 0.29) is 0 Å². The molecular formula is C21H15N3. The van der Waals surface area contributed by atoms with E-state index >= 15 is 0 Å². The summed E-state index contributed by atoms with van der Waals surface area (Å²) in [7, 11) is 0. The summed E-state index contributed by atoms with van der Waals surface area (Å²) < 4.78 is 0. The summed E-state index contributed by atoms with van der Waals surface area (Å²) in [6, 6.07) is 21.7. The molecule has 3 aromatic rings. The van der Waals surface area contributed by atoms with Crippen LogP contribution in [0.15, 0.2) is 54.6 Å². The molecule has 0 radical (unpaired) electrons. The molecule has 0 unspecified atom stereocenters. The Morgan fingerprint density at radius 3 is 1.38 bits per heavy atom. The van der Waals surface area contributed by atoms with Crippen LogP contribution in [0.25, 0.3) is 22.5 Å². The van der Waals surface area contributed by atoms with Gasteiger partial charge in [0.05, 0.1) is 22.5 Å². The molecule has 0 spiro atoms. The first-order chi connectivity index (χ1) is 11.6. The minimum atomic E-state index is 0.409. The van der Waals surface area contributed by atoms with E-state index in [0.29, 0.717) is 22.5 Å². The minimum absolute atomic E-state index is 0.409. The summed E-state index contributed by atoms with van der Waals surface area (Å²) in [6.07, 6.45) is 0. The Bertz CT molecular complexity index is 891. The van der Waals surface area contributed by atoms with Crippen LogP contribution in [-0.4, -0.2) is 4.98 Å². The predicted octanol–water partition coefficient (Wildman–Crippen LogP) is 4.78. The molecule has 0 saturated carbocycles. The van der Waals surface area contributed by atoms with Gasteiger partial charge in [-0.3, -0.25) is 0 Å². The van der Waals surface area contributed by atoms with Gasteiger partial charge < -0.3 is 0 Å². The van der Waals surface area contributed by atoms with Crippen molar-refractivity contribution in [3.63, 3.8) is 0 Å². The lowest BCUT2D eigenvalue weighted by atomic mass is 9.99. The molecule has 24 heavy (non-hydrogen) atoms. The number of benzene rings is 2. The van der Waals surface area contributed by atoms with Gasteiger partial charge in [-0.25, -0.2) is 4.98 Å². The summed E-state index contributed by atoms with van der Waals surface area (Å²) in [6.45, 7) is 4.03. The van der Waals surface area contributed by atoms with Crippen LogP contribution in [-0.2, 0) is 0 Å². The van der Waals surface area contributed by atoms with Crippen LogP contribution in [0.4, 0.5) is 0 Å². The molecule has 114 valence electrons. The van der Waals surface area contributed by atoms with Gasteiger partial charge in [0.25, 0.3) is 0 Å². The highest BCUT2D eigenvalue weighted by atomic mass is 14.7. The van der Waals surface area contributed by atoms with E-state index in [9.17, 15) is 10.5 Å². The van der Waals surface area contributed by atoms with Crippen LogP contribution in [0.1, 0.15) is 22.3 Å². The van der Waals surface area contributed by atoms with E-state index in [4.69, 9.17) is 0 Å². The Morgan fingerprint density at radius 2 is 1.04 bits per heavy atom. The molecule has 0 saturated heterocycles. The number of aryl methyl sites for hydroxylation is 2. The fourth-order valence-corrected chi connectivity index (χ4v) is 2.55. The normalized spacial score (nSPS) is 10.0. The van der Waals surface area contributed by atoms with Crippen molar-refractivity contribution in [2.45, 2.75) is 13.8 Å². The van der Waals surface area contributed by atoms with Gasteiger partial charge in [-0.05, 0) is 19.9 Å². The van der Waals surface area contributed by atoms with Gasteiger partial charge in [-0.15, -0.1) is 0 Å². The first-order valence-corrected chi connectivity index (χ1v) is 7.61. The van der Waals surface area contributed by atoms with Gasteiger partial charge in [0, 0.05) is 11.1 Å². The molecule has 0 aliphatic heterocycles. The highest BCUT2D eigenvalue weighted by Gasteiger charge is 2.14. The number of hydrogen-bond donors (Lipinski definition) is 0. The Hall–Kier alpha value is -3.43. The Kier molecular flexibility index (Phi) is 4.10. The molecule has 0 amide bonds. The lowest BCUT2D eigenvalue weighted by Crippen LogP contribution is -1.97. The third kappa shape index (κ3) is 2.89. The SMILES string of the molecule is Cc1ccc(-c2nc(-c3ccc(C)cc3)c(C#N)cc2C#N)cc1. The number of rotatable bonds is 2. The van der Waals surface area contributed by atoms with Crippen molar-refractivity contribution in [2.24, 2.45) is 0 Å². The molecular weight excluding hydrogens is 294 g/mol. The van der Waals surface area contributed by atoms with Crippen LogP contribution in [0.3, 0.4) is 0 Å². The van der Waals surface area contributed by atoms with Crippen molar-refractivity contribution in [1.82, 2.24) is 4.98 Å². The minimum Gasteiger partial charge on any atom is -0.245 e. The van der Waals surface area contributed by atoms with Crippen molar-refractivity contribution in [2.75, 3.05) is 0 Å². The molecule has 1 heterocycles. The largest absolute Gasteiger partial charge is 0.245 e. The molecule has 0 N–H and O–H groups in total. The van der Waals surface area contributed by atoms with Crippen molar-refractivity contribution < 1.29 is 0 Å². The highest BCUT2D eigenvalue weighted by molar-refractivity contribution is 5.75. The summed E-state index contributed by atoms with van der Waals surface area (Å²) in [5.74, 6) is 0. The third-order valence-electron chi connectivity index (χ3n) is 3.91. The predicted molar refractivity (Wildman–Crippen MR) is 94.0 cm³/mol. The lowest BCUT2D eigenvalue weighted by Gasteiger charge is -2.10. The fraction of sp³-hybridized carbons (Fsp3) is 0.0952. The summed E-state index contributed by atoms with van der Waals surface area (Å²) in [4.78, 5) is 4.67. The van der Waals surface area contributed by atoms with Crippen LogP contribution in [0.5, 0.6) is 0 Å². The quantitative estimate of drug-likeness (QED) is 0.684. The topological polar surface area (TPSA) is 60.5 Å². The Labute approximate surface area is 141 Å². The highest BCUT2D eigenvalue weighted by Crippen LogP contribution is 2.29. The molecule has 3 nitrogen and oxygen atoms in total. The van der Waals surface area contributed by atoms with Crippen molar-refractivity contribution in [3.05, 3.63) is 76.9 Å². The van der Waals surface area contributed by atoms with Gasteiger partial charge in [-0.2, -0.15) is 10.5 Å². The number of aromatic nitrogens is 1. The van der Waals surface area contributed by atoms with Crippen molar-refractivity contribution in [1.29, 1.82) is 10.5 Å². The fourth-order valence-electron chi connectivity index (χ4n) is 2.55. The Balaban J connectivity index is 2.25. The second kappa shape index (κ2) is 6.36. The smallest absolute Gasteiger partial charge is 0.101 e. The summed E-state index contributed by atoms with van der Waals surface area (Å²) >= 11 is 0. The molecule has 0 atom stereocenters. The second-order valence-electron chi connectivity index (χ2n) is 5.74. The van der Waals surface area contributed by atoms with E-state index in [1.165, 1.54) is 0 Å². The molecule has 3 rings (SSSR count). The maximum atomic E-state index is 9.45. The standard InChI is InChI=1S/C21H15N3/c1-14-3-7-16(8-4-14)20-18(12-22)11-19(13-23)21(24-20)17-9-5-15(2)6-10-17/h3-11H,1-2H3. The molecule has 0 aliphatic rings. The average molecular weight is 309 g/mol. The van der Waals surface area contributed by atoms with Crippen LogP contribution in [0.2, 0.25) is 0 Å². The van der Waals surface area contributed by atoms with Gasteiger partial charge in [0.15, 0.2) is 0 Å². The summed E-state index contributed by atoms with van der Waals surface area (Å²) in [5.41, 5.74) is 6.05. The molecule has 0 bridgehead atoms. The zero-order valence-corrected chi connectivity index (χ0v) is 13.5. The van der Waals surface area contributed by atoms with Crippen molar-refractivity contribution in [3.8, 4) is 34.7 Å². The maximum absolute atomic E-state index is 9.45. The van der Waals surface area contributed by atoms with Crippen molar-refractivity contribution >= 4 is 0 Å². The van der Waals surface area contributed by atoms with E-state index < -0.39 is 0 Å². The van der Waals surface area contributed by atoms with Gasteiger partial charge in [-0.1, -0.05) is 59.7 Å². The maximum Gasteiger partial charge on any atom is 0.101 e. The number of hydrogen-bond acceptors (Lipinski definition) is 3. The molecule has 0 aliphatic carbocycles. The zero-order valence-electron chi connectivity index (χ0n) is 13.5. The molecule has 2 aromatic carbocycles. The van der Waals surface area contributed by atoms with Crippen LogP contribution >= 0.6 is 0 Å². The zero-order chi connectivity index (χ0) is 17.1. The van der Waals surface area contributed by atoms with E-state index in [1.54, 1.807) is 6.07 Å². The number of nitrogens with zero attached hydrogens (tertiary/aromatic N) is 3. The van der Waals surface area contributed by atoms with Crippen LogP contribution < -0.4 is 0 Å². The molecule has 3 heteroatoms. The first-order valence-electron chi connectivity index (χ1n) is 7.61. The number of pyridine rings is 1. The lowest BCUT2D eigenvalue weighted by molar-refractivity contribution is 1.27. The van der Waals surface area contributed by atoms with E-state index in [0.717, 1.165) is 22.3 Å². The van der Waals surface area contributed by atoms with Gasteiger partial charge in [0.2, 0.25) is 0 Å². The number of nitriles is 2. The van der Waals surface area contributed by atoms with Gasteiger partial charge in [0.1, 0.15) is 12.1 Å². The molecule has 1 aromatic heterocycles. The Morgan fingerprint density at radius 1 is 0.667 bits per heavy atom. The molecule has 0 fully saturated rings. The van der Waals surface area contributed by atoms with Gasteiger partial charge >= 0.3 is 0 Å². The second-order valence-corrected chi connectivity index (χ2v) is 5.74. The van der Waals surface area contributed by atoms with E-state index in [2.05, 4.69) is 17.1 Å².